The molecule has 1 aromatic rings. The lowest BCUT2D eigenvalue weighted by molar-refractivity contribution is -0.124. The van der Waals surface area contributed by atoms with Crippen LogP contribution in [0.1, 0.15) is 32.2 Å². The summed E-state index contributed by atoms with van der Waals surface area (Å²) in [6.07, 6.45) is 0.569. The van der Waals surface area contributed by atoms with Crippen LogP contribution in [0.25, 0.3) is 0 Å². The molecule has 2 rings (SSSR count). The largest absolute Gasteiger partial charge is 0.375 e. The van der Waals surface area contributed by atoms with E-state index in [4.69, 9.17) is 4.74 Å². The first-order valence-electron chi connectivity index (χ1n) is 6.69. The maximum Gasteiger partial charge on any atom is 0.144 e. The van der Waals surface area contributed by atoms with Crippen molar-refractivity contribution in [1.29, 1.82) is 0 Å². The molecule has 5 heteroatoms. The highest BCUT2D eigenvalue weighted by atomic mass is 79.9. The molecule has 4 nitrogen and oxygen atoms in total. The fourth-order valence-electron chi connectivity index (χ4n) is 2.98. The smallest absolute Gasteiger partial charge is 0.144 e. The van der Waals surface area contributed by atoms with E-state index in [1.165, 1.54) is 0 Å². The molecule has 1 aliphatic heterocycles. The molecule has 0 spiro atoms. The van der Waals surface area contributed by atoms with Gasteiger partial charge >= 0.3 is 0 Å². The molecular formula is C14H21BrN2O2. The summed E-state index contributed by atoms with van der Waals surface area (Å²) in [6.45, 7) is 8.06. The van der Waals surface area contributed by atoms with Crippen LogP contribution in [0.5, 0.6) is 0 Å². The number of halogens is 1. The molecule has 4 atom stereocenters. The van der Waals surface area contributed by atoms with Gasteiger partial charge in [-0.15, -0.1) is 0 Å². The first-order chi connectivity index (χ1) is 8.82. The second kappa shape index (κ2) is 5.37. The Bertz CT molecular complexity index is 498. The average Bonchev–Trinajstić information content (AvgIpc) is 2.70. The number of hydrogen-bond acceptors (Lipinski definition) is 3. The maximum absolute atomic E-state index is 12.6. The van der Waals surface area contributed by atoms with Gasteiger partial charge in [-0.05, 0) is 42.6 Å². The van der Waals surface area contributed by atoms with Crippen LogP contribution in [0.2, 0.25) is 0 Å². The third-order valence-corrected chi connectivity index (χ3v) is 5.25. The zero-order chi connectivity index (χ0) is 14.3. The van der Waals surface area contributed by atoms with Gasteiger partial charge in [0.15, 0.2) is 0 Å². The Morgan fingerprint density at radius 2 is 2.00 bits per heavy atom. The van der Waals surface area contributed by atoms with Crippen molar-refractivity contribution in [2.75, 3.05) is 0 Å². The highest BCUT2D eigenvalue weighted by molar-refractivity contribution is 9.10. The van der Waals surface area contributed by atoms with Crippen molar-refractivity contribution >= 4 is 21.7 Å². The number of aromatic nitrogens is 2. The summed E-state index contributed by atoms with van der Waals surface area (Å²) in [5, 5.41) is 4.33. The molecule has 1 fully saturated rings. The van der Waals surface area contributed by atoms with Crippen molar-refractivity contribution in [2.45, 2.75) is 46.3 Å². The van der Waals surface area contributed by atoms with E-state index < -0.39 is 0 Å². The molecule has 2 heterocycles. The van der Waals surface area contributed by atoms with Gasteiger partial charge in [-0.25, -0.2) is 0 Å². The molecule has 0 aromatic carbocycles. The molecule has 0 amide bonds. The Labute approximate surface area is 122 Å². The van der Waals surface area contributed by atoms with E-state index in [1.807, 2.05) is 27.8 Å². The van der Waals surface area contributed by atoms with E-state index in [9.17, 15) is 4.79 Å². The second-order valence-corrected chi connectivity index (χ2v) is 6.34. The Morgan fingerprint density at radius 1 is 1.37 bits per heavy atom. The van der Waals surface area contributed by atoms with Crippen LogP contribution >= 0.6 is 15.9 Å². The van der Waals surface area contributed by atoms with Crippen LogP contribution < -0.4 is 0 Å². The van der Waals surface area contributed by atoms with Gasteiger partial charge in [-0.2, -0.15) is 5.10 Å². The topological polar surface area (TPSA) is 44.1 Å². The van der Waals surface area contributed by atoms with E-state index in [0.29, 0.717) is 6.42 Å². The summed E-state index contributed by atoms with van der Waals surface area (Å²) >= 11 is 3.51. The fraction of sp³-hybridized carbons (Fsp3) is 0.714. The van der Waals surface area contributed by atoms with Gasteiger partial charge in [0.25, 0.3) is 0 Å². The van der Waals surface area contributed by atoms with Crippen molar-refractivity contribution < 1.29 is 9.53 Å². The molecule has 19 heavy (non-hydrogen) atoms. The minimum atomic E-state index is -0.0166. The van der Waals surface area contributed by atoms with Gasteiger partial charge in [0, 0.05) is 19.4 Å². The Morgan fingerprint density at radius 3 is 2.42 bits per heavy atom. The minimum Gasteiger partial charge on any atom is -0.375 e. The van der Waals surface area contributed by atoms with Crippen molar-refractivity contribution in [3.05, 3.63) is 15.9 Å². The summed E-state index contributed by atoms with van der Waals surface area (Å²) in [5.74, 6) is 0.501. The van der Waals surface area contributed by atoms with E-state index in [1.54, 1.807) is 4.68 Å². The minimum absolute atomic E-state index is 0.00519. The van der Waals surface area contributed by atoms with E-state index in [-0.39, 0.29) is 29.8 Å². The SMILES string of the molecule is Cc1nn(C)c(CC(=O)C2C(C)OC(C)C2C)c1Br. The lowest BCUT2D eigenvalue weighted by atomic mass is 9.84. The van der Waals surface area contributed by atoms with Crippen LogP contribution in [0.15, 0.2) is 4.47 Å². The quantitative estimate of drug-likeness (QED) is 0.856. The summed E-state index contributed by atoms with van der Waals surface area (Å²) < 4.78 is 8.48. The first-order valence-corrected chi connectivity index (χ1v) is 7.48. The molecular weight excluding hydrogens is 308 g/mol. The summed E-state index contributed by atoms with van der Waals surface area (Å²) in [5.41, 5.74) is 1.86. The number of nitrogens with zero attached hydrogens (tertiary/aromatic N) is 2. The number of ketones is 1. The molecule has 0 radical (unpaired) electrons. The second-order valence-electron chi connectivity index (χ2n) is 5.54. The molecule has 0 saturated carbocycles. The molecule has 0 aliphatic carbocycles. The average molecular weight is 329 g/mol. The third kappa shape index (κ3) is 2.63. The number of hydrogen-bond donors (Lipinski definition) is 0. The first kappa shape index (κ1) is 14.7. The summed E-state index contributed by atoms with van der Waals surface area (Å²) in [7, 11) is 1.88. The number of carbonyl (C=O) groups is 1. The summed E-state index contributed by atoms with van der Waals surface area (Å²) in [4.78, 5) is 12.6. The van der Waals surface area contributed by atoms with Crippen LogP contribution in [-0.4, -0.2) is 27.8 Å². The van der Waals surface area contributed by atoms with E-state index >= 15 is 0 Å². The molecule has 106 valence electrons. The number of aryl methyl sites for hydroxylation is 2. The van der Waals surface area contributed by atoms with Crippen LogP contribution in [-0.2, 0) is 23.0 Å². The molecule has 0 bridgehead atoms. The Kier molecular flexibility index (Phi) is 4.16. The highest BCUT2D eigenvalue weighted by Crippen LogP contribution is 2.34. The Balaban J connectivity index is 2.17. The van der Waals surface area contributed by atoms with Gasteiger partial charge < -0.3 is 4.74 Å². The predicted molar refractivity (Wildman–Crippen MR) is 77.0 cm³/mol. The normalized spacial score (nSPS) is 30.8. The van der Waals surface area contributed by atoms with Crippen molar-refractivity contribution in [1.82, 2.24) is 9.78 Å². The van der Waals surface area contributed by atoms with Gasteiger partial charge in [0.2, 0.25) is 0 Å². The highest BCUT2D eigenvalue weighted by Gasteiger charge is 2.41. The van der Waals surface area contributed by atoms with Gasteiger partial charge in [-0.3, -0.25) is 9.48 Å². The van der Waals surface area contributed by atoms with Crippen molar-refractivity contribution in [3.63, 3.8) is 0 Å². The zero-order valence-corrected chi connectivity index (χ0v) is 13.7. The van der Waals surface area contributed by atoms with Crippen LogP contribution in [0.3, 0.4) is 0 Å². The molecule has 4 unspecified atom stereocenters. The molecule has 0 N–H and O–H groups in total. The summed E-state index contributed by atoms with van der Waals surface area (Å²) in [6, 6.07) is 0. The van der Waals surface area contributed by atoms with E-state index in [2.05, 4.69) is 28.0 Å². The number of rotatable bonds is 3. The molecule has 1 aliphatic rings. The lowest BCUT2D eigenvalue weighted by Gasteiger charge is -2.17. The zero-order valence-electron chi connectivity index (χ0n) is 12.1. The van der Waals surface area contributed by atoms with Gasteiger partial charge in [0.1, 0.15) is 5.78 Å². The number of carbonyl (C=O) groups excluding carboxylic acids is 1. The third-order valence-electron chi connectivity index (χ3n) is 4.22. The lowest BCUT2D eigenvalue weighted by Crippen LogP contribution is -2.28. The maximum atomic E-state index is 12.6. The number of Topliss-reactive ketones (excluding diaryl/α,β-unsaturated/α-hetero) is 1. The van der Waals surface area contributed by atoms with E-state index in [0.717, 1.165) is 15.9 Å². The van der Waals surface area contributed by atoms with Crippen LogP contribution in [0.4, 0.5) is 0 Å². The van der Waals surface area contributed by atoms with Gasteiger partial charge in [0.05, 0.1) is 28.1 Å². The molecule has 1 aromatic heterocycles. The van der Waals surface area contributed by atoms with Crippen molar-refractivity contribution in [3.8, 4) is 0 Å². The van der Waals surface area contributed by atoms with Crippen LogP contribution in [0, 0.1) is 18.8 Å². The predicted octanol–water partition coefficient (Wildman–Crippen LogP) is 2.66. The fourth-order valence-corrected chi connectivity index (χ4v) is 3.45. The standard InChI is InChI=1S/C14H21BrN2O2/c1-7-9(3)19-10(4)13(7)12(18)6-11-14(15)8(2)16-17(11)5/h7,9-10,13H,6H2,1-5H3. The van der Waals surface area contributed by atoms with Gasteiger partial charge in [-0.1, -0.05) is 6.92 Å². The van der Waals surface area contributed by atoms with Crippen molar-refractivity contribution in [2.24, 2.45) is 18.9 Å². The Hall–Kier alpha value is -0.680. The molecule has 1 saturated heterocycles. The number of ether oxygens (including phenoxy) is 1. The monoisotopic (exact) mass is 328 g/mol.